The SMILES string of the molecule is CS(=O)(=O)N(Cc1ccccc1)c1ccc(Oc2ccc(CN3CCC(C(N)=O)CC3)cc2)cc1. The number of hydrogen-bond donors (Lipinski definition) is 1. The number of nitrogens with zero attached hydrogens (tertiary/aromatic N) is 2. The van der Waals surface area contributed by atoms with Crippen molar-refractivity contribution in [3.8, 4) is 11.5 Å². The zero-order valence-corrected chi connectivity index (χ0v) is 20.7. The fourth-order valence-corrected chi connectivity index (χ4v) is 5.15. The monoisotopic (exact) mass is 493 g/mol. The predicted molar refractivity (Wildman–Crippen MR) is 138 cm³/mol. The van der Waals surface area contributed by atoms with Crippen LogP contribution in [0.3, 0.4) is 0 Å². The van der Waals surface area contributed by atoms with Crippen molar-refractivity contribution in [3.05, 3.63) is 90.0 Å². The molecule has 35 heavy (non-hydrogen) atoms. The molecule has 3 aromatic carbocycles. The third-order valence-electron chi connectivity index (χ3n) is 6.25. The lowest BCUT2D eigenvalue weighted by Crippen LogP contribution is -2.38. The number of piperidine rings is 1. The van der Waals surface area contributed by atoms with Gasteiger partial charge >= 0.3 is 0 Å². The van der Waals surface area contributed by atoms with Crippen LogP contribution in [0.4, 0.5) is 5.69 Å². The number of anilines is 1. The lowest BCUT2D eigenvalue weighted by atomic mass is 9.96. The number of hydrogen-bond acceptors (Lipinski definition) is 5. The van der Waals surface area contributed by atoms with Gasteiger partial charge in [0.1, 0.15) is 11.5 Å². The summed E-state index contributed by atoms with van der Waals surface area (Å²) in [5.74, 6) is 1.14. The summed E-state index contributed by atoms with van der Waals surface area (Å²) in [7, 11) is -3.45. The van der Waals surface area contributed by atoms with E-state index in [1.54, 1.807) is 24.3 Å². The number of amides is 1. The number of ether oxygens (including phenoxy) is 1. The van der Waals surface area contributed by atoms with Gasteiger partial charge in [0, 0.05) is 12.5 Å². The minimum absolute atomic E-state index is 0.00346. The van der Waals surface area contributed by atoms with E-state index in [1.165, 1.54) is 16.1 Å². The Morgan fingerprint density at radius 3 is 2.03 bits per heavy atom. The summed E-state index contributed by atoms with van der Waals surface area (Å²) in [6.07, 6.45) is 2.84. The first kappa shape index (κ1) is 24.8. The van der Waals surface area contributed by atoms with Crippen molar-refractivity contribution in [2.24, 2.45) is 11.7 Å². The molecule has 7 nitrogen and oxygen atoms in total. The smallest absolute Gasteiger partial charge is 0.232 e. The van der Waals surface area contributed by atoms with Crippen LogP contribution in [0.5, 0.6) is 11.5 Å². The highest BCUT2D eigenvalue weighted by Gasteiger charge is 2.23. The van der Waals surface area contributed by atoms with Gasteiger partial charge in [-0.05, 0) is 73.5 Å². The lowest BCUT2D eigenvalue weighted by Gasteiger charge is -2.30. The largest absolute Gasteiger partial charge is 0.457 e. The van der Waals surface area contributed by atoms with Crippen molar-refractivity contribution in [1.29, 1.82) is 0 Å². The molecule has 1 aliphatic rings. The summed E-state index contributed by atoms with van der Waals surface area (Å²) in [5.41, 5.74) is 8.09. The van der Waals surface area contributed by atoms with E-state index in [4.69, 9.17) is 10.5 Å². The molecular weight excluding hydrogens is 462 g/mol. The van der Waals surface area contributed by atoms with E-state index in [1.807, 2.05) is 54.6 Å². The van der Waals surface area contributed by atoms with Crippen LogP contribution in [-0.4, -0.2) is 38.6 Å². The summed E-state index contributed by atoms with van der Waals surface area (Å²) in [4.78, 5) is 13.7. The summed E-state index contributed by atoms with van der Waals surface area (Å²) in [6.45, 7) is 2.82. The van der Waals surface area contributed by atoms with E-state index >= 15 is 0 Å². The lowest BCUT2D eigenvalue weighted by molar-refractivity contribution is -0.123. The number of likely N-dealkylation sites (tertiary alicyclic amines) is 1. The average Bonchev–Trinajstić information content (AvgIpc) is 2.85. The standard InChI is InChI=1S/C27H31N3O4S/c1-35(32,33)30(20-21-5-3-2-4-6-21)24-9-13-26(14-10-24)34-25-11-7-22(8-12-25)19-29-17-15-23(16-18-29)27(28)31/h2-14,23H,15-20H2,1H3,(H2,28,31). The molecule has 1 aliphatic heterocycles. The first-order valence-corrected chi connectivity index (χ1v) is 13.5. The first-order valence-electron chi connectivity index (χ1n) is 11.7. The molecule has 1 fully saturated rings. The third kappa shape index (κ3) is 6.83. The van der Waals surface area contributed by atoms with E-state index in [0.717, 1.165) is 38.0 Å². The van der Waals surface area contributed by atoms with Crippen LogP contribution in [0, 0.1) is 5.92 Å². The Morgan fingerprint density at radius 1 is 0.914 bits per heavy atom. The van der Waals surface area contributed by atoms with Crippen molar-refractivity contribution in [3.63, 3.8) is 0 Å². The number of sulfonamides is 1. The van der Waals surface area contributed by atoms with Crippen LogP contribution >= 0.6 is 0 Å². The van der Waals surface area contributed by atoms with Gasteiger partial charge in [0.25, 0.3) is 0 Å². The molecule has 0 spiro atoms. The van der Waals surface area contributed by atoms with Crippen LogP contribution < -0.4 is 14.8 Å². The van der Waals surface area contributed by atoms with E-state index in [0.29, 0.717) is 17.2 Å². The summed E-state index contributed by atoms with van der Waals surface area (Å²) >= 11 is 0. The van der Waals surface area contributed by atoms with Gasteiger partial charge in [-0.1, -0.05) is 42.5 Å². The summed E-state index contributed by atoms with van der Waals surface area (Å²) < 4.78 is 32.2. The molecule has 4 rings (SSSR count). The molecule has 8 heteroatoms. The molecule has 0 atom stereocenters. The molecule has 2 N–H and O–H groups in total. The Kier molecular flexibility index (Phi) is 7.73. The van der Waals surface area contributed by atoms with Gasteiger partial charge in [-0.3, -0.25) is 14.0 Å². The number of nitrogens with two attached hydrogens (primary N) is 1. The van der Waals surface area contributed by atoms with Crippen LogP contribution in [0.15, 0.2) is 78.9 Å². The maximum atomic E-state index is 12.4. The number of benzene rings is 3. The highest BCUT2D eigenvalue weighted by molar-refractivity contribution is 7.92. The minimum atomic E-state index is -3.45. The van der Waals surface area contributed by atoms with Crippen molar-refractivity contribution in [2.45, 2.75) is 25.9 Å². The fraction of sp³-hybridized carbons (Fsp3) is 0.296. The Balaban J connectivity index is 1.36. The Morgan fingerprint density at radius 2 is 1.49 bits per heavy atom. The highest BCUT2D eigenvalue weighted by atomic mass is 32.2. The minimum Gasteiger partial charge on any atom is -0.457 e. The van der Waals surface area contributed by atoms with E-state index in [9.17, 15) is 13.2 Å². The second-order valence-corrected chi connectivity index (χ2v) is 10.9. The molecule has 0 bridgehead atoms. The van der Waals surface area contributed by atoms with E-state index in [2.05, 4.69) is 4.90 Å². The molecular formula is C27H31N3O4S. The predicted octanol–water partition coefficient (Wildman–Crippen LogP) is 4.14. The Labute approximate surface area is 207 Å². The second-order valence-electron chi connectivity index (χ2n) is 8.95. The molecule has 1 heterocycles. The van der Waals surface area contributed by atoms with Gasteiger partial charge in [-0.25, -0.2) is 8.42 Å². The first-order chi connectivity index (χ1) is 16.8. The van der Waals surface area contributed by atoms with Gasteiger partial charge in [0.2, 0.25) is 15.9 Å². The van der Waals surface area contributed by atoms with Crippen LogP contribution in [0.2, 0.25) is 0 Å². The Hall–Kier alpha value is -3.36. The van der Waals surface area contributed by atoms with E-state index in [-0.39, 0.29) is 18.4 Å². The highest BCUT2D eigenvalue weighted by Crippen LogP contribution is 2.27. The quantitative estimate of drug-likeness (QED) is 0.484. The zero-order chi connectivity index (χ0) is 24.8. The van der Waals surface area contributed by atoms with Gasteiger partial charge in [0.15, 0.2) is 0 Å². The maximum absolute atomic E-state index is 12.4. The molecule has 0 unspecified atom stereocenters. The van der Waals surface area contributed by atoms with Gasteiger partial charge in [-0.2, -0.15) is 0 Å². The molecule has 1 saturated heterocycles. The van der Waals surface area contributed by atoms with Crippen LogP contribution in [0.1, 0.15) is 24.0 Å². The number of carbonyl (C=O) groups excluding carboxylic acids is 1. The van der Waals surface area contributed by atoms with Gasteiger partial charge in [-0.15, -0.1) is 0 Å². The van der Waals surface area contributed by atoms with Crippen molar-refractivity contribution in [2.75, 3.05) is 23.7 Å². The molecule has 3 aromatic rings. The molecule has 184 valence electrons. The van der Waals surface area contributed by atoms with Gasteiger partial charge < -0.3 is 10.5 Å². The molecule has 0 radical (unpaired) electrons. The zero-order valence-electron chi connectivity index (χ0n) is 19.8. The normalized spacial score (nSPS) is 15.0. The second kappa shape index (κ2) is 10.9. The summed E-state index contributed by atoms with van der Waals surface area (Å²) in [5, 5.41) is 0. The molecule has 1 amide bonds. The molecule has 0 aliphatic carbocycles. The number of rotatable bonds is 9. The van der Waals surface area contributed by atoms with Crippen molar-refractivity contribution in [1.82, 2.24) is 4.90 Å². The van der Waals surface area contributed by atoms with Crippen molar-refractivity contribution < 1.29 is 17.9 Å². The van der Waals surface area contributed by atoms with Crippen molar-refractivity contribution >= 4 is 21.6 Å². The van der Waals surface area contributed by atoms with E-state index < -0.39 is 10.0 Å². The molecule has 0 saturated carbocycles. The average molecular weight is 494 g/mol. The third-order valence-corrected chi connectivity index (χ3v) is 7.39. The van der Waals surface area contributed by atoms with Crippen LogP contribution in [0.25, 0.3) is 0 Å². The van der Waals surface area contributed by atoms with Crippen LogP contribution in [-0.2, 0) is 27.9 Å². The van der Waals surface area contributed by atoms with Gasteiger partial charge in [0.05, 0.1) is 18.5 Å². The topological polar surface area (TPSA) is 92.9 Å². The summed E-state index contributed by atoms with van der Waals surface area (Å²) in [6, 6.07) is 24.5. The number of primary amides is 1. The Bertz CT molecular complexity index is 1220. The number of carbonyl (C=O) groups is 1. The maximum Gasteiger partial charge on any atom is 0.232 e. The fourth-order valence-electron chi connectivity index (χ4n) is 4.26. The molecule has 0 aromatic heterocycles.